The molecule has 4 N–H and O–H groups in total. The van der Waals surface area contributed by atoms with Crippen molar-refractivity contribution in [3.8, 4) is 0 Å². The van der Waals surface area contributed by atoms with E-state index in [9.17, 15) is 25.2 Å². The summed E-state index contributed by atoms with van der Waals surface area (Å²) >= 11 is 0. The zero-order chi connectivity index (χ0) is 18.9. The fourth-order valence-electron chi connectivity index (χ4n) is 3.34. The first-order chi connectivity index (χ1) is 11.8. The van der Waals surface area contributed by atoms with E-state index in [4.69, 9.17) is 4.74 Å². The highest BCUT2D eigenvalue weighted by molar-refractivity contribution is 5.79. The van der Waals surface area contributed by atoms with Crippen molar-refractivity contribution in [2.24, 2.45) is 0 Å². The SMILES string of the molecule is CCCCCCCCCCCC(=O)C[C@]1(O)O[C@@H](C)[C@@H](O)[C@@H](O)[C@@H]1O. The first-order valence-electron chi connectivity index (χ1n) is 9.78. The molecule has 0 unspecified atom stereocenters. The van der Waals surface area contributed by atoms with Crippen LogP contribution >= 0.6 is 0 Å². The summed E-state index contributed by atoms with van der Waals surface area (Å²) in [7, 11) is 0. The smallest absolute Gasteiger partial charge is 0.202 e. The van der Waals surface area contributed by atoms with E-state index in [0.717, 1.165) is 19.3 Å². The minimum atomic E-state index is -2.13. The van der Waals surface area contributed by atoms with Gasteiger partial charge in [-0.1, -0.05) is 58.3 Å². The average Bonchev–Trinajstić information content (AvgIpc) is 2.56. The Morgan fingerprint density at radius 2 is 1.44 bits per heavy atom. The van der Waals surface area contributed by atoms with Gasteiger partial charge >= 0.3 is 0 Å². The molecule has 1 heterocycles. The number of rotatable bonds is 12. The third-order valence-electron chi connectivity index (χ3n) is 5.02. The Hall–Kier alpha value is -0.530. The zero-order valence-electron chi connectivity index (χ0n) is 15.7. The highest BCUT2D eigenvalue weighted by atomic mass is 16.7. The summed E-state index contributed by atoms with van der Waals surface area (Å²) in [5, 5.41) is 39.7. The molecule has 148 valence electrons. The Morgan fingerprint density at radius 1 is 0.920 bits per heavy atom. The molecule has 0 aromatic carbocycles. The molecule has 1 aliphatic rings. The third-order valence-corrected chi connectivity index (χ3v) is 5.02. The predicted molar refractivity (Wildman–Crippen MR) is 95.0 cm³/mol. The van der Waals surface area contributed by atoms with Gasteiger partial charge in [-0.05, 0) is 13.3 Å². The molecule has 5 atom stereocenters. The van der Waals surface area contributed by atoms with Crippen LogP contribution in [0.3, 0.4) is 0 Å². The van der Waals surface area contributed by atoms with Crippen LogP contribution in [0.4, 0.5) is 0 Å². The lowest BCUT2D eigenvalue weighted by Crippen LogP contribution is -2.64. The quantitative estimate of drug-likeness (QED) is 0.397. The van der Waals surface area contributed by atoms with Gasteiger partial charge in [-0.15, -0.1) is 0 Å². The summed E-state index contributed by atoms with van der Waals surface area (Å²) in [5.41, 5.74) is 0. The van der Waals surface area contributed by atoms with E-state index in [1.165, 1.54) is 45.4 Å². The van der Waals surface area contributed by atoms with Gasteiger partial charge in [-0.25, -0.2) is 0 Å². The number of unbranched alkanes of at least 4 members (excludes halogenated alkanes) is 8. The van der Waals surface area contributed by atoms with Crippen LogP contribution in [-0.2, 0) is 9.53 Å². The molecule has 1 saturated heterocycles. The fraction of sp³-hybridized carbons (Fsp3) is 0.947. The van der Waals surface area contributed by atoms with Gasteiger partial charge in [0.25, 0.3) is 0 Å². The van der Waals surface area contributed by atoms with E-state index < -0.39 is 30.2 Å². The minimum absolute atomic E-state index is 0.208. The molecule has 0 aromatic rings. The highest BCUT2D eigenvalue weighted by Gasteiger charge is 2.52. The lowest BCUT2D eigenvalue weighted by Gasteiger charge is -2.44. The lowest BCUT2D eigenvalue weighted by molar-refractivity contribution is -0.341. The third kappa shape index (κ3) is 7.31. The Bertz CT molecular complexity index is 388. The number of carbonyl (C=O) groups excluding carboxylic acids is 1. The molecule has 0 bridgehead atoms. The molecule has 6 nitrogen and oxygen atoms in total. The molecular weight excluding hydrogens is 324 g/mol. The number of Topliss-reactive ketones (excluding diaryl/α,β-unsaturated/α-hetero) is 1. The van der Waals surface area contributed by atoms with Crippen molar-refractivity contribution in [1.29, 1.82) is 0 Å². The number of ether oxygens (including phenoxy) is 1. The van der Waals surface area contributed by atoms with E-state index in [0.29, 0.717) is 6.42 Å². The van der Waals surface area contributed by atoms with Crippen LogP contribution < -0.4 is 0 Å². The van der Waals surface area contributed by atoms with Crippen molar-refractivity contribution in [2.45, 2.75) is 115 Å². The molecular formula is C19H36O6. The maximum absolute atomic E-state index is 12.1. The normalized spacial score (nSPS) is 32.7. The molecule has 0 radical (unpaired) electrons. The molecule has 0 amide bonds. The molecule has 25 heavy (non-hydrogen) atoms. The molecule has 0 spiro atoms. The highest BCUT2D eigenvalue weighted by Crippen LogP contribution is 2.31. The van der Waals surface area contributed by atoms with Crippen molar-refractivity contribution in [2.75, 3.05) is 0 Å². The minimum Gasteiger partial charge on any atom is -0.388 e. The Kier molecular flexibility index (Phi) is 10.1. The number of carbonyl (C=O) groups is 1. The van der Waals surface area contributed by atoms with Crippen LogP contribution in [0.2, 0.25) is 0 Å². The average molecular weight is 360 g/mol. The van der Waals surface area contributed by atoms with Crippen molar-refractivity contribution < 1.29 is 30.0 Å². The van der Waals surface area contributed by atoms with Gasteiger partial charge in [0.2, 0.25) is 5.79 Å². The van der Waals surface area contributed by atoms with E-state index >= 15 is 0 Å². The van der Waals surface area contributed by atoms with Crippen LogP contribution in [0.5, 0.6) is 0 Å². The Balaban J connectivity index is 2.21. The second-order valence-corrected chi connectivity index (χ2v) is 7.39. The number of ketones is 1. The molecule has 0 aromatic heterocycles. The van der Waals surface area contributed by atoms with Gasteiger partial charge in [-0.2, -0.15) is 0 Å². The number of hydrogen-bond acceptors (Lipinski definition) is 6. The molecule has 1 rings (SSSR count). The van der Waals surface area contributed by atoms with Gasteiger partial charge in [0.05, 0.1) is 12.5 Å². The van der Waals surface area contributed by atoms with Crippen LogP contribution in [0.25, 0.3) is 0 Å². The maximum atomic E-state index is 12.1. The van der Waals surface area contributed by atoms with Crippen LogP contribution in [0.1, 0.15) is 84.5 Å². The van der Waals surface area contributed by atoms with Crippen LogP contribution in [0.15, 0.2) is 0 Å². The van der Waals surface area contributed by atoms with Crippen molar-refractivity contribution in [3.05, 3.63) is 0 Å². The van der Waals surface area contributed by atoms with Crippen molar-refractivity contribution >= 4 is 5.78 Å². The summed E-state index contributed by atoms with van der Waals surface area (Å²) in [6.07, 6.45) is 4.95. The summed E-state index contributed by atoms with van der Waals surface area (Å²) in [4.78, 5) is 12.1. The van der Waals surface area contributed by atoms with E-state index in [1.807, 2.05) is 0 Å². The topological polar surface area (TPSA) is 107 Å². The van der Waals surface area contributed by atoms with Crippen molar-refractivity contribution in [1.82, 2.24) is 0 Å². The first-order valence-corrected chi connectivity index (χ1v) is 9.78. The van der Waals surface area contributed by atoms with Gasteiger partial charge in [-0.3, -0.25) is 4.79 Å². The van der Waals surface area contributed by atoms with Gasteiger partial charge in [0.15, 0.2) is 0 Å². The number of aliphatic hydroxyl groups excluding tert-OH is 3. The summed E-state index contributed by atoms with van der Waals surface area (Å²) in [6.45, 7) is 3.68. The fourth-order valence-corrected chi connectivity index (χ4v) is 3.34. The molecule has 0 saturated carbocycles. The summed E-state index contributed by atoms with van der Waals surface area (Å²) in [6, 6.07) is 0. The van der Waals surface area contributed by atoms with Gasteiger partial charge < -0.3 is 25.2 Å². The van der Waals surface area contributed by atoms with E-state index in [2.05, 4.69) is 6.92 Å². The second kappa shape index (κ2) is 11.2. The molecule has 6 heteroatoms. The number of aliphatic hydroxyl groups is 4. The Labute approximate surface area is 151 Å². The standard InChI is InChI=1S/C19H36O6/c1-3-4-5-6-7-8-9-10-11-12-15(20)13-19(24)18(23)17(22)16(21)14(2)25-19/h14,16-18,21-24H,3-13H2,1-2H3/t14-,16+,17+,18-,19-/m0/s1. The second-order valence-electron chi connectivity index (χ2n) is 7.39. The maximum Gasteiger partial charge on any atom is 0.202 e. The van der Waals surface area contributed by atoms with Crippen LogP contribution in [0, 0.1) is 0 Å². The van der Waals surface area contributed by atoms with Crippen LogP contribution in [-0.4, -0.2) is 56.4 Å². The van der Waals surface area contributed by atoms with Gasteiger partial charge in [0, 0.05) is 6.42 Å². The zero-order valence-corrected chi connectivity index (χ0v) is 15.7. The molecule has 0 aliphatic carbocycles. The largest absolute Gasteiger partial charge is 0.388 e. The first kappa shape index (κ1) is 22.5. The van der Waals surface area contributed by atoms with Crippen molar-refractivity contribution in [3.63, 3.8) is 0 Å². The number of hydrogen-bond donors (Lipinski definition) is 4. The Morgan fingerprint density at radius 3 is 2.00 bits per heavy atom. The molecule has 1 aliphatic heterocycles. The lowest BCUT2D eigenvalue weighted by atomic mass is 9.89. The monoisotopic (exact) mass is 360 g/mol. The van der Waals surface area contributed by atoms with Gasteiger partial charge in [0.1, 0.15) is 24.1 Å². The summed E-state index contributed by atoms with van der Waals surface area (Å²) in [5.74, 6) is -2.34. The van der Waals surface area contributed by atoms with E-state index in [1.54, 1.807) is 0 Å². The molecule has 1 fully saturated rings. The van der Waals surface area contributed by atoms with E-state index in [-0.39, 0.29) is 12.2 Å². The predicted octanol–water partition coefficient (Wildman–Crippen LogP) is 2.06. The summed E-state index contributed by atoms with van der Waals surface area (Å²) < 4.78 is 5.21.